The van der Waals surface area contributed by atoms with E-state index < -0.39 is 0 Å². The van der Waals surface area contributed by atoms with Crippen molar-refractivity contribution in [3.8, 4) is 22.3 Å². The highest BCUT2D eigenvalue weighted by Gasteiger charge is 2.51. The van der Waals surface area contributed by atoms with Crippen molar-refractivity contribution in [2.75, 3.05) is 0 Å². The van der Waals surface area contributed by atoms with E-state index in [1.807, 2.05) is 0 Å². The summed E-state index contributed by atoms with van der Waals surface area (Å²) >= 11 is 0. The van der Waals surface area contributed by atoms with Crippen LogP contribution in [0.15, 0.2) is 84.9 Å². The highest BCUT2D eigenvalue weighted by molar-refractivity contribution is 5.95. The molecular formula is C29H24. The molecule has 4 aromatic carbocycles. The third-order valence-electron chi connectivity index (χ3n) is 7.03. The van der Waals surface area contributed by atoms with Crippen molar-refractivity contribution < 1.29 is 0 Å². The lowest BCUT2D eigenvalue weighted by atomic mass is 9.70. The Balaban J connectivity index is 1.83. The van der Waals surface area contributed by atoms with Crippen LogP contribution in [0.4, 0.5) is 0 Å². The zero-order chi connectivity index (χ0) is 19.6. The largest absolute Gasteiger partial charge is 0.0725 e. The van der Waals surface area contributed by atoms with E-state index in [1.54, 1.807) is 0 Å². The van der Waals surface area contributed by atoms with Crippen LogP contribution in [0.25, 0.3) is 22.3 Å². The Bertz CT molecular complexity index is 1170. The first-order valence-corrected chi connectivity index (χ1v) is 10.8. The second-order valence-electron chi connectivity index (χ2n) is 8.31. The van der Waals surface area contributed by atoms with Crippen molar-refractivity contribution in [3.05, 3.63) is 118 Å². The fourth-order valence-corrected chi connectivity index (χ4v) is 5.67. The molecule has 140 valence electrons. The molecule has 0 atom stereocenters. The Morgan fingerprint density at radius 3 is 1.34 bits per heavy atom. The van der Waals surface area contributed by atoms with Crippen LogP contribution in [0.5, 0.6) is 0 Å². The molecule has 2 aliphatic carbocycles. The fraction of sp³-hybridized carbons (Fsp3) is 0.172. The van der Waals surface area contributed by atoms with E-state index in [4.69, 9.17) is 0 Å². The summed E-state index contributed by atoms with van der Waals surface area (Å²) in [6, 6.07) is 32.3. The molecule has 0 N–H and O–H groups in total. The molecule has 0 aliphatic heterocycles. The van der Waals surface area contributed by atoms with Crippen LogP contribution in [-0.4, -0.2) is 0 Å². The minimum absolute atomic E-state index is 0.200. The molecule has 4 aromatic rings. The van der Waals surface area contributed by atoms with Crippen LogP contribution in [0, 0.1) is 0 Å². The van der Waals surface area contributed by atoms with Gasteiger partial charge in [-0.15, -0.1) is 0 Å². The second kappa shape index (κ2) is 5.94. The topological polar surface area (TPSA) is 0 Å². The quantitative estimate of drug-likeness (QED) is 0.303. The molecular weight excluding hydrogens is 348 g/mol. The van der Waals surface area contributed by atoms with Gasteiger partial charge in [0.1, 0.15) is 0 Å². The zero-order valence-corrected chi connectivity index (χ0v) is 17.0. The molecule has 0 saturated carbocycles. The summed E-state index contributed by atoms with van der Waals surface area (Å²) in [4.78, 5) is 0. The van der Waals surface area contributed by atoms with Gasteiger partial charge in [-0.05, 0) is 68.5 Å². The minimum Gasteiger partial charge on any atom is -0.0619 e. The SMILES string of the molecule is CCc1ccc2c(c1)C1(c3ccccc3-c3ccccc31)c1cc(CC)ccc1-2. The molecule has 0 aromatic heterocycles. The van der Waals surface area contributed by atoms with E-state index in [9.17, 15) is 0 Å². The summed E-state index contributed by atoms with van der Waals surface area (Å²) in [6.45, 7) is 4.50. The lowest BCUT2D eigenvalue weighted by molar-refractivity contribution is 0.789. The Morgan fingerprint density at radius 1 is 0.483 bits per heavy atom. The van der Waals surface area contributed by atoms with Crippen LogP contribution in [-0.2, 0) is 18.3 Å². The molecule has 0 heteroatoms. The number of hydrogen-bond acceptors (Lipinski definition) is 0. The molecule has 0 amide bonds. The molecule has 29 heavy (non-hydrogen) atoms. The number of benzene rings is 4. The predicted octanol–water partition coefficient (Wildman–Crippen LogP) is 7.15. The fourth-order valence-electron chi connectivity index (χ4n) is 5.67. The van der Waals surface area contributed by atoms with Crippen molar-refractivity contribution in [3.63, 3.8) is 0 Å². The second-order valence-corrected chi connectivity index (χ2v) is 8.31. The van der Waals surface area contributed by atoms with Crippen LogP contribution in [0.2, 0.25) is 0 Å². The predicted molar refractivity (Wildman–Crippen MR) is 121 cm³/mol. The van der Waals surface area contributed by atoms with Gasteiger partial charge in [-0.1, -0.05) is 98.8 Å². The Hall–Kier alpha value is -3.12. The van der Waals surface area contributed by atoms with Crippen molar-refractivity contribution in [1.29, 1.82) is 0 Å². The molecule has 2 aliphatic rings. The standard InChI is InChI=1S/C29H24/c1-3-19-13-15-23-24-16-14-20(4-2)18-28(24)29(27(23)17-19)25-11-7-5-9-21(25)22-10-6-8-12-26(22)29/h5-18H,3-4H2,1-2H3. The molecule has 0 fully saturated rings. The van der Waals surface area contributed by atoms with Gasteiger partial charge in [-0.25, -0.2) is 0 Å². The lowest BCUT2D eigenvalue weighted by Gasteiger charge is -2.31. The van der Waals surface area contributed by atoms with Crippen molar-refractivity contribution in [2.24, 2.45) is 0 Å². The van der Waals surface area contributed by atoms with Gasteiger partial charge in [-0.2, -0.15) is 0 Å². The number of rotatable bonds is 2. The van der Waals surface area contributed by atoms with Gasteiger partial charge in [0.05, 0.1) is 5.41 Å². The van der Waals surface area contributed by atoms with E-state index in [1.165, 1.54) is 55.6 Å². The Labute approximate surface area is 172 Å². The zero-order valence-electron chi connectivity index (χ0n) is 17.0. The number of hydrogen-bond donors (Lipinski definition) is 0. The maximum absolute atomic E-state index is 2.47. The molecule has 6 rings (SSSR count). The van der Waals surface area contributed by atoms with E-state index in [2.05, 4.69) is 98.8 Å². The van der Waals surface area contributed by atoms with Crippen LogP contribution in [0.3, 0.4) is 0 Å². The first-order valence-electron chi connectivity index (χ1n) is 10.8. The summed E-state index contributed by atoms with van der Waals surface area (Å²) in [7, 11) is 0. The smallest absolute Gasteiger partial charge is 0.0619 e. The van der Waals surface area contributed by atoms with Crippen molar-refractivity contribution in [1.82, 2.24) is 0 Å². The molecule has 0 unspecified atom stereocenters. The maximum atomic E-state index is 2.47. The highest BCUT2D eigenvalue weighted by atomic mass is 14.5. The molecule has 0 bridgehead atoms. The first-order chi connectivity index (χ1) is 14.3. The van der Waals surface area contributed by atoms with Crippen molar-refractivity contribution >= 4 is 0 Å². The Kier molecular flexibility index (Phi) is 3.44. The normalized spacial score (nSPS) is 14.4. The molecule has 1 spiro atoms. The van der Waals surface area contributed by atoms with Gasteiger partial charge in [0.25, 0.3) is 0 Å². The third kappa shape index (κ3) is 1.99. The minimum atomic E-state index is -0.200. The van der Waals surface area contributed by atoms with Gasteiger partial charge >= 0.3 is 0 Å². The molecule has 0 saturated heterocycles. The Morgan fingerprint density at radius 2 is 0.897 bits per heavy atom. The summed E-state index contributed by atoms with van der Waals surface area (Å²) in [5.41, 5.74) is 13.9. The summed E-state index contributed by atoms with van der Waals surface area (Å²) in [5.74, 6) is 0. The van der Waals surface area contributed by atoms with Crippen molar-refractivity contribution in [2.45, 2.75) is 32.1 Å². The number of fused-ring (bicyclic) bond motifs is 10. The number of aryl methyl sites for hydroxylation is 2. The maximum Gasteiger partial charge on any atom is 0.0725 e. The van der Waals surface area contributed by atoms with E-state index >= 15 is 0 Å². The average molecular weight is 373 g/mol. The summed E-state index contributed by atoms with van der Waals surface area (Å²) in [5, 5.41) is 0. The van der Waals surface area contributed by atoms with Gasteiger partial charge in [0, 0.05) is 0 Å². The average Bonchev–Trinajstić information content (AvgIpc) is 3.25. The van der Waals surface area contributed by atoms with Crippen LogP contribution in [0.1, 0.15) is 47.2 Å². The van der Waals surface area contributed by atoms with E-state index in [0.717, 1.165) is 12.8 Å². The van der Waals surface area contributed by atoms with Gasteiger partial charge in [-0.3, -0.25) is 0 Å². The highest BCUT2D eigenvalue weighted by Crippen LogP contribution is 2.62. The van der Waals surface area contributed by atoms with Crippen LogP contribution < -0.4 is 0 Å². The van der Waals surface area contributed by atoms with Gasteiger partial charge in [0.2, 0.25) is 0 Å². The lowest BCUT2D eigenvalue weighted by Crippen LogP contribution is -2.26. The monoisotopic (exact) mass is 372 g/mol. The van der Waals surface area contributed by atoms with Crippen LogP contribution >= 0.6 is 0 Å². The first kappa shape index (κ1) is 16.8. The molecule has 0 nitrogen and oxygen atoms in total. The third-order valence-corrected chi connectivity index (χ3v) is 7.03. The van der Waals surface area contributed by atoms with E-state index in [-0.39, 0.29) is 5.41 Å². The molecule has 0 radical (unpaired) electrons. The van der Waals surface area contributed by atoms with Gasteiger partial charge < -0.3 is 0 Å². The van der Waals surface area contributed by atoms with Gasteiger partial charge in [0.15, 0.2) is 0 Å². The van der Waals surface area contributed by atoms with E-state index in [0.29, 0.717) is 0 Å². The summed E-state index contributed by atoms with van der Waals surface area (Å²) < 4.78 is 0. The summed E-state index contributed by atoms with van der Waals surface area (Å²) in [6.07, 6.45) is 2.12. The molecule has 0 heterocycles.